The van der Waals surface area contributed by atoms with Gasteiger partial charge in [-0.3, -0.25) is 4.99 Å². The molecule has 1 aromatic heterocycles. The Morgan fingerprint density at radius 1 is 1.14 bits per heavy atom. The van der Waals surface area contributed by atoms with Gasteiger partial charge in [-0.25, -0.2) is 0 Å². The molecule has 5 nitrogen and oxygen atoms in total. The van der Waals surface area contributed by atoms with E-state index in [1.165, 1.54) is 16.7 Å². The summed E-state index contributed by atoms with van der Waals surface area (Å²) >= 11 is 6.76. The van der Waals surface area contributed by atoms with Gasteiger partial charge in [0.2, 0.25) is 0 Å². The molecule has 6 heteroatoms. The zero-order valence-corrected chi connectivity index (χ0v) is 17.3. The maximum atomic E-state index is 6.76. The lowest BCUT2D eigenvalue weighted by atomic mass is 9.81. The van der Waals surface area contributed by atoms with Gasteiger partial charge >= 0.3 is 0 Å². The number of benzene rings is 1. The van der Waals surface area contributed by atoms with E-state index in [0.717, 1.165) is 52.9 Å². The van der Waals surface area contributed by atoms with Crippen LogP contribution >= 0.6 is 11.6 Å². The summed E-state index contributed by atoms with van der Waals surface area (Å²) in [6.07, 6.45) is 8.32. The molecule has 0 bridgehead atoms. The van der Waals surface area contributed by atoms with E-state index in [1.54, 1.807) is 0 Å². The summed E-state index contributed by atoms with van der Waals surface area (Å²) in [5.74, 6) is 1.41. The number of halogens is 1. The average molecular weight is 409 g/mol. The number of nitrogens with one attached hydrogen (secondary N) is 2. The number of aromatic amines is 1. The topological polar surface area (TPSA) is 61.8 Å². The van der Waals surface area contributed by atoms with E-state index in [2.05, 4.69) is 40.6 Å². The van der Waals surface area contributed by atoms with Crippen molar-refractivity contribution in [3.63, 3.8) is 0 Å². The number of rotatable bonds is 3. The minimum Gasteiger partial charge on any atom is -0.490 e. The third kappa shape index (κ3) is 3.48. The number of nitrogens with zero attached hydrogens (tertiary/aromatic N) is 2. The molecule has 0 spiro atoms. The van der Waals surface area contributed by atoms with Crippen molar-refractivity contribution in [2.45, 2.75) is 45.3 Å². The van der Waals surface area contributed by atoms with Gasteiger partial charge in [-0.1, -0.05) is 29.8 Å². The first-order valence-corrected chi connectivity index (χ1v) is 10.7. The number of aromatic nitrogens is 1. The molecule has 0 atom stereocenters. The Labute approximate surface area is 175 Å². The zero-order chi connectivity index (χ0) is 19.8. The van der Waals surface area contributed by atoms with Gasteiger partial charge < -0.3 is 15.1 Å². The molecule has 0 radical (unpaired) electrons. The summed E-state index contributed by atoms with van der Waals surface area (Å²) in [5.41, 5.74) is 7.67. The fourth-order valence-electron chi connectivity index (χ4n) is 4.62. The number of allylic oxidation sites excluding steroid dienone is 1. The molecule has 29 heavy (non-hydrogen) atoms. The molecule has 1 fully saturated rings. The Balaban J connectivity index is 1.42. The quantitative estimate of drug-likeness (QED) is 0.818. The first-order chi connectivity index (χ1) is 14.2. The van der Waals surface area contributed by atoms with Crippen LogP contribution in [0.25, 0.3) is 5.57 Å². The maximum Gasteiger partial charge on any atom is 0.122 e. The molecule has 1 aliphatic carbocycles. The van der Waals surface area contributed by atoms with Crippen molar-refractivity contribution in [1.82, 2.24) is 10.4 Å². The lowest BCUT2D eigenvalue weighted by molar-refractivity contribution is 0.142. The number of aryl methyl sites for hydroxylation is 1. The minimum absolute atomic E-state index is 0.263. The molecule has 0 saturated heterocycles. The number of hydrogen-bond donors (Lipinski definition) is 2. The van der Waals surface area contributed by atoms with Crippen LogP contribution in [0.2, 0.25) is 0 Å². The molecule has 3 heterocycles. The number of hydrazone groups is 1. The van der Waals surface area contributed by atoms with Crippen LogP contribution in [0.5, 0.6) is 5.75 Å². The maximum absolute atomic E-state index is 6.76. The van der Waals surface area contributed by atoms with Crippen LogP contribution < -0.4 is 20.9 Å². The lowest BCUT2D eigenvalue weighted by Gasteiger charge is -2.30. The second-order valence-corrected chi connectivity index (χ2v) is 8.40. The average Bonchev–Trinajstić information content (AvgIpc) is 3.01. The normalized spacial score (nSPS) is 23.2. The van der Waals surface area contributed by atoms with E-state index in [1.807, 2.05) is 18.4 Å². The first kappa shape index (κ1) is 18.5. The summed E-state index contributed by atoms with van der Waals surface area (Å²) in [7, 11) is 0. The van der Waals surface area contributed by atoms with Gasteiger partial charge in [0.1, 0.15) is 5.75 Å². The first-order valence-electron chi connectivity index (χ1n) is 10.3. The number of H-pyrrole nitrogens is 1. The van der Waals surface area contributed by atoms with Gasteiger partial charge in [0.15, 0.2) is 0 Å². The van der Waals surface area contributed by atoms with Crippen LogP contribution in [0.3, 0.4) is 0 Å². The van der Waals surface area contributed by atoms with E-state index in [4.69, 9.17) is 21.3 Å². The van der Waals surface area contributed by atoms with E-state index >= 15 is 0 Å². The Kier molecular flexibility index (Phi) is 4.92. The molecule has 1 saturated carbocycles. The van der Waals surface area contributed by atoms with Gasteiger partial charge in [0.25, 0.3) is 0 Å². The Morgan fingerprint density at radius 2 is 1.97 bits per heavy atom. The molecule has 1 aromatic carbocycles. The summed E-state index contributed by atoms with van der Waals surface area (Å²) in [6, 6.07) is 8.25. The summed E-state index contributed by atoms with van der Waals surface area (Å²) in [5, 5.41) is 7.13. The second kappa shape index (κ2) is 7.71. The lowest BCUT2D eigenvalue weighted by Crippen LogP contribution is -2.33. The third-order valence-corrected chi connectivity index (χ3v) is 6.52. The Morgan fingerprint density at radius 3 is 2.79 bits per heavy atom. The van der Waals surface area contributed by atoms with Gasteiger partial charge in [-0.2, -0.15) is 5.10 Å². The van der Waals surface area contributed by atoms with Crippen LogP contribution in [-0.2, 0) is 6.54 Å². The minimum atomic E-state index is 0.263. The van der Waals surface area contributed by atoms with Gasteiger partial charge in [0.05, 0.1) is 41.8 Å². The largest absolute Gasteiger partial charge is 0.490 e. The number of para-hydroxylation sites is 1. The molecule has 3 aliphatic rings. The van der Waals surface area contributed by atoms with Crippen LogP contribution in [0.15, 0.2) is 45.5 Å². The summed E-state index contributed by atoms with van der Waals surface area (Å²) in [4.78, 5) is 8.35. The molecule has 0 amide bonds. The summed E-state index contributed by atoms with van der Waals surface area (Å²) < 4.78 is 6.30. The molecule has 0 unspecified atom stereocenters. The highest BCUT2D eigenvalue weighted by atomic mass is 35.5. The monoisotopic (exact) mass is 408 g/mol. The highest BCUT2D eigenvalue weighted by Gasteiger charge is 2.29. The highest BCUT2D eigenvalue weighted by molar-refractivity contribution is 6.35. The van der Waals surface area contributed by atoms with E-state index in [-0.39, 0.29) is 6.10 Å². The highest BCUT2D eigenvalue weighted by Crippen LogP contribution is 2.37. The van der Waals surface area contributed by atoms with Crippen molar-refractivity contribution in [3.8, 4) is 5.75 Å². The third-order valence-electron chi connectivity index (χ3n) is 6.16. The summed E-state index contributed by atoms with van der Waals surface area (Å²) in [6.45, 7) is 3.41. The Hall–Kier alpha value is -2.53. The fraction of sp³-hybridized carbons (Fsp3) is 0.391. The van der Waals surface area contributed by atoms with Crippen LogP contribution in [-0.4, -0.2) is 23.8 Å². The van der Waals surface area contributed by atoms with Crippen LogP contribution in [0.4, 0.5) is 0 Å². The number of ether oxygens (including phenoxy) is 1. The number of hydrogen-bond acceptors (Lipinski definition) is 4. The second-order valence-electron chi connectivity index (χ2n) is 8.00. The van der Waals surface area contributed by atoms with E-state index in [9.17, 15) is 0 Å². The molecule has 5 rings (SSSR count). The molecule has 2 aromatic rings. The van der Waals surface area contributed by atoms with Crippen LogP contribution in [0, 0.1) is 12.8 Å². The van der Waals surface area contributed by atoms with E-state index in [0.29, 0.717) is 19.0 Å². The smallest absolute Gasteiger partial charge is 0.122 e. The van der Waals surface area contributed by atoms with Gasteiger partial charge in [0, 0.05) is 10.6 Å². The predicted octanol–water partition coefficient (Wildman–Crippen LogP) is 3.30. The van der Waals surface area contributed by atoms with Crippen molar-refractivity contribution < 1.29 is 4.74 Å². The van der Waals surface area contributed by atoms with Crippen molar-refractivity contribution in [2.24, 2.45) is 16.0 Å². The SMILES string of the molecule is Cc1ccccc1OC1CCC(C2=c3[nH]c4c(c3=NCC=C2Cl)CNN=C4)CC1. The van der Waals surface area contributed by atoms with Crippen molar-refractivity contribution >= 4 is 23.4 Å². The molecule has 2 aliphatic heterocycles. The van der Waals surface area contributed by atoms with Crippen molar-refractivity contribution in [3.05, 3.63) is 62.9 Å². The standard InChI is InChI=1S/C23H25ClN4O/c1-14-4-2-3-5-20(14)29-16-8-6-15(7-9-16)21-18(24)10-11-25-22-17-12-26-27-13-19(17)28-23(21)22/h2-5,10,13,15-16,26,28H,6-9,11-12H2,1H3. The van der Waals surface area contributed by atoms with Gasteiger partial charge in [-0.05, 0) is 61.8 Å². The fourth-order valence-corrected chi connectivity index (χ4v) is 4.94. The zero-order valence-electron chi connectivity index (χ0n) is 16.5. The van der Waals surface area contributed by atoms with Gasteiger partial charge in [-0.15, -0.1) is 0 Å². The van der Waals surface area contributed by atoms with E-state index < -0.39 is 0 Å². The van der Waals surface area contributed by atoms with Crippen LogP contribution in [0.1, 0.15) is 42.5 Å². The van der Waals surface area contributed by atoms with Crippen molar-refractivity contribution in [1.29, 1.82) is 0 Å². The molecular weight excluding hydrogens is 384 g/mol. The predicted molar refractivity (Wildman–Crippen MR) is 116 cm³/mol. The number of fused-ring (bicyclic) bond motifs is 3. The van der Waals surface area contributed by atoms with Crippen molar-refractivity contribution in [2.75, 3.05) is 6.54 Å². The molecule has 2 N–H and O–H groups in total. The molecule has 150 valence electrons. The Bertz CT molecular complexity index is 1110. The molecular formula is C23H25ClN4O.